The first-order valence-corrected chi connectivity index (χ1v) is 12.1. The van der Waals surface area contributed by atoms with E-state index in [0.717, 1.165) is 35.1 Å². The summed E-state index contributed by atoms with van der Waals surface area (Å²) >= 11 is 0. The van der Waals surface area contributed by atoms with Crippen LogP contribution in [0.5, 0.6) is 5.88 Å². The van der Waals surface area contributed by atoms with Gasteiger partial charge in [0.2, 0.25) is 5.88 Å². The minimum atomic E-state index is -0.543. The largest absolute Gasteiger partial charge is 0.466 e. The fourth-order valence-electron chi connectivity index (χ4n) is 4.41. The van der Waals surface area contributed by atoms with Gasteiger partial charge < -0.3 is 19.3 Å². The van der Waals surface area contributed by atoms with Gasteiger partial charge in [0.1, 0.15) is 5.60 Å². The van der Waals surface area contributed by atoms with Gasteiger partial charge in [0.25, 0.3) is 5.91 Å². The van der Waals surface area contributed by atoms with E-state index in [2.05, 4.69) is 10.1 Å². The fourth-order valence-corrected chi connectivity index (χ4v) is 4.41. The first-order valence-electron chi connectivity index (χ1n) is 12.1. The van der Waals surface area contributed by atoms with Gasteiger partial charge in [-0.25, -0.2) is 14.5 Å². The van der Waals surface area contributed by atoms with Crippen LogP contribution in [0.25, 0.3) is 11.0 Å². The number of rotatable bonds is 6. The number of pyridine rings is 1. The van der Waals surface area contributed by atoms with Crippen LogP contribution in [0.3, 0.4) is 0 Å². The summed E-state index contributed by atoms with van der Waals surface area (Å²) in [5.74, 6) is 0.549. The topological polar surface area (TPSA) is 89.8 Å². The summed E-state index contributed by atoms with van der Waals surface area (Å²) in [4.78, 5) is 33.8. The number of fused-ring (bicyclic) bond motifs is 1. The van der Waals surface area contributed by atoms with E-state index in [0.29, 0.717) is 25.5 Å². The number of aryl methyl sites for hydroxylation is 3. The minimum Gasteiger partial charge on any atom is -0.466 e. The minimum absolute atomic E-state index is 0.0159. The van der Waals surface area contributed by atoms with Crippen molar-refractivity contribution in [3.05, 3.63) is 17.3 Å². The number of carbonyl (C=O) groups excluding carboxylic acids is 2. The molecule has 1 aliphatic heterocycles. The Hall–Kier alpha value is -2.84. The number of hydrogen-bond donors (Lipinski definition) is 0. The van der Waals surface area contributed by atoms with Gasteiger partial charge in [-0.3, -0.25) is 4.79 Å². The zero-order chi connectivity index (χ0) is 25.2. The molecule has 0 spiro atoms. The van der Waals surface area contributed by atoms with E-state index in [1.807, 2.05) is 66.5 Å². The smallest absolute Gasteiger partial charge is 0.410 e. The molecule has 1 atom stereocenters. The summed E-state index contributed by atoms with van der Waals surface area (Å²) < 4.78 is 13.2. The average molecular weight is 474 g/mol. The molecule has 0 saturated carbocycles. The average Bonchev–Trinajstić information content (AvgIpc) is 3.04. The molecule has 34 heavy (non-hydrogen) atoms. The summed E-state index contributed by atoms with van der Waals surface area (Å²) in [6, 6.07) is 2.00. The number of likely N-dealkylation sites (tertiary alicyclic amines) is 1. The Morgan fingerprint density at radius 1 is 1.26 bits per heavy atom. The highest BCUT2D eigenvalue weighted by atomic mass is 16.6. The van der Waals surface area contributed by atoms with Crippen LogP contribution in [0.4, 0.5) is 4.79 Å². The van der Waals surface area contributed by atoms with Gasteiger partial charge in [-0.05, 0) is 78.9 Å². The van der Waals surface area contributed by atoms with Crippen LogP contribution in [0.2, 0.25) is 0 Å². The Bertz CT molecular complexity index is 1040. The SMILES string of the molecule is Cc1cc(C)c2c(OCC(=O)N3CCCC(CN(C(=O)OC(C)(C)C)C(C)C)C3)nn(C)c2n1. The molecule has 2 aromatic heterocycles. The molecule has 188 valence electrons. The summed E-state index contributed by atoms with van der Waals surface area (Å²) in [5, 5.41) is 5.27. The highest BCUT2D eigenvalue weighted by molar-refractivity contribution is 5.85. The van der Waals surface area contributed by atoms with Crippen molar-refractivity contribution in [1.82, 2.24) is 24.6 Å². The zero-order valence-electron chi connectivity index (χ0n) is 21.8. The molecule has 1 fully saturated rings. The normalized spacial score (nSPS) is 16.7. The first kappa shape index (κ1) is 25.8. The van der Waals surface area contributed by atoms with Gasteiger partial charge in [-0.15, -0.1) is 5.10 Å². The lowest BCUT2D eigenvalue weighted by molar-refractivity contribution is -0.135. The van der Waals surface area contributed by atoms with E-state index in [1.165, 1.54) is 0 Å². The quantitative estimate of drug-likeness (QED) is 0.633. The standard InChI is InChI=1S/C25H39N5O4/c1-16(2)30(24(32)34-25(5,6)7)14-19-10-9-11-29(13-19)20(31)15-33-23-21-17(3)12-18(4)26-22(21)28(8)27-23/h12,16,19H,9-11,13-15H2,1-8H3. The van der Waals surface area contributed by atoms with Crippen LogP contribution in [-0.4, -0.2) is 74.4 Å². The molecule has 3 heterocycles. The number of ether oxygens (including phenoxy) is 2. The van der Waals surface area contributed by atoms with E-state index < -0.39 is 5.60 Å². The number of nitrogens with zero attached hydrogens (tertiary/aromatic N) is 5. The van der Waals surface area contributed by atoms with Crippen molar-refractivity contribution in [2.24, 2.45) is 13.0 Å². The summed E-state index contributed by atoms with van der Waals surface area (Å²) in [6.07, 6.45) is 1.55. The van der Waals surface area contributed by atoms with E-state index in [4.69, 9.17) is 9.47 Å². The molecule has 9 heteroatoms. The van der Waals surface area contributed by atoms with Crippen LogP contribution in [0, 0.1) is 19.8 Å². The number of hydrogen-bond acceptors (Lipinski definition) is 6. The number of aromatic nitrogens is 3. The van der Waals surface area contributed by atoms with Crippen molar-refractivity contribution in [2.45, 2.75) is 73.0 Å². The van der Waals surface area contributed by atoms with Crippen LogP contribution < -0.4 is 4.74 Å². The molecule has 0 N–H and O–H groups in total. The van der Waals surface area contributed by atoms with Crippen molar-refractivity contribution in [3.8, 4) is 5.88 Å². The van der Waals surface area contributed by atoms with Crippen molar-refractivity contribution in [2.75, 3.05) is 26.2 Å². The molecular formula is C25H39N5O4. The fraction of sp³-hybridized carbons (Fsp3) is 0.680. The molecule has 1 unspecified atom stereocenters. The Morgan fingerprint density at radius 2 is 1.97 bits per heavy atom. The zero-order valence-corrected chi connectivity index (χ0v) is 21.8. The maximum absolute atomic E-state index is 13.0. The van der Waals surface area contributed by atoms with Crippen molar-refractivity contribution < 1.29 is 19.1 Å². The molecule has 0 aromatic carbocycles. The lowest BCUT2D eigenvalue weighted by atomic mass is 9.97. The van der Waals surface area contributed by atoms with E-state index in [1.54, 1.807) is 9.58 Å². The van der Waals surface area contributed by atoms with Crippen LogP contribution in [0.15, 0.2) is 6.07 Å². The molecule has 0 aliphatic carbocycles. The highest BCUT2D eigenvalue weighted by Crippen LogP contribution is 2.27. The van der Waals surface area contributed by atoms with Crippen molar-refractivity contribution in [1.29, 1.82) is 0 Å². The second kappa shape index (κ2) is 10.2. The monoisotopic (exact) mass is 473 g/mol. The molecule has 1 saturated heterocycles. The summed E-state index contributed by atoms with van der Waals surface area (Å²) in [5.41, 5.74) is 2.14. The predicted octanol–water partition coefficient (Wildman–Crippen LogP) is 3.85. The second-order valence-corrected chi connectivity index (χ2v) is 10.6. The molecule has 3 rings (SSSR count). The highest BCUT2D eigenvalue weighted by Gasteiger charge is 2.30. The van der Waals surface area contributed by atoms with Crippen molar-refractivity contribution in [3.63, 3.8) is 0 Å². The lowest BCUT2D eigenvalue weighted by Gasteiger charge is -2.37. The molecule has 2 aromatic rings. The second-order valence-electron chi connectivity index (χ2n) is 10.6. The number of carbonyl (C=O) groups is 2. The Labute approximate surface area is 202 Å². The van der Waals surface area contributed by atoms with E-state index >= 15 is 0 Å². The predicted molar refractivity (Wildman–Crippen MR) is 131 cm³/mol. The maximum atomic E-state index is 13.0. The molecule has 2 amide bonds. The van der Waals surface area contributed by atoms with Crippen LogP contribution in [-0.2, 0) is 16.6 Å². The third-order valence-electron chi connectivity index (χ3n) is 6.00. The van der Waals surface area contributed by atoms with Gasteiger partial charge in [-0.1, -0.05) is 0 Å². The Kier molecular flexibility index (Phi) is 7.73. The Balaban J connectivity index is 1.62. The maximum Gasteiger partial charge on any atom is 0.410 e. The number of amides is 2. The third kappa shape index (κ3) is 6.18. The number of piperidine rings is 1. The molecule has 0 radical (unpaired) electrons. The molecule has 1 aliphatic rings. The third-order valence-corrected chi connectivity index (χ3v) is 6.00. The van der Waals surface area contributed by atoms with Gasteiger partial charge >= 0.3 is 6.09 Å². The van der Waals surface area contributed by atoms with Crippen molar-refractivity contribution >= 4 is 23.0 Å². The van der Waals surface area contributed by atoms with Crippen LogP contribution in [0.1, 0.15) is 58.7 Å². The molecule has 9 nitrogen and oxygen atoms in total. The molecular weight excluding hydrogens is 434 g/mol. The van der Waals surface area contributed by atoms with Crippen LogP contribution >= 0.6 is 0 Å². The van der Waals surface area contributed by atoms with Gasteiger partial charge in [0, 0.05) is 38.4 Å². The summed E-state index contributed by atoms with van der Waals surface area (Å²) in [6.45, 7) is 15.3. The first-order chi connectivity index (χ1) is 15.9. The van der Waals surface area contributed by atoms with Gasteiger partial charge in [0.15, 0.2) is 12.3 Å². The molecule has 0 bridgehead atoms. The lowest BCUT2D eigenvalue weighted by Crippen LogP contribution is -2.48. The summed E-state index contributed by atoms with van der Waals surface area (Å²) in [7, 11) is 1.82. The van der Waals surface area contributed by atoms with E-state index in [9.17, 15) is 9.59 Å². The Morgan fingerprint density at radius 3 is 2.62 bits per heavy atom. The van der Waals surface area contributed by atoms with Gasteiger partial charge in [-0.2, -0.15) is 0 Å². The van der Waals surface area contributed by atoms with E-state index in [-0.39, 0.29) is 30.6 Å². The van der Waals surface area contributed by atoms with Gasteiger partial charge in [0.05, 0.1) is 5.39 Å².